The highest BCUT2D eigenvalue weighted by Crippen LogP contribution is 2.35. The van der Waals surface area contributed by atoms with E-state index in [0.717, 1.165) is 18.3 Å². The first kappa shape index (κ1) is 25.4. The third kappa shape index (κ3) is 5.52. The number of ether oxygens (including phenoxy) is 1. The van der Waals surface area contributed by atoms with E-state index in [0.29, 0.717) is 49.2 Å². The topological polar surface area (TPSA) is 84.2 Å². The van der Waals surface area contributed by atoms with E-state index in [9.17, 15) is 17.6 Å². The van der Waals surface area contributed by atoms with Crippen molar-refractivity contribution in [2.75, 3.05) is 55.5 Å². The van der Waals surface area contributed by atoms with Gasteiger partial charge in [-0.2, -0.15) is 13.2 Å². The Balaban J connectivity index is 1.34. The Morgan fingerprint density at radius 3 is 2.45 bits per heavy atom. The van der Waals surface area contributed by atoms with Gasteiger partial charge in [0.05, 0.1) is 36.9 Å². The summed E-state index contributed by atoms with van der Waals surface area (Å²) in [6.07, 6.45) is 1.36. The van der Waals surface area contributed by atoms with E-state index in [1.165, 1.54) is 12.5 Å². The number of hydrogen-bond donors (Lipinski definition) is 1. The molecule has 0 spiro atoms. The van der Waals surface area contributed by atoms with Crippen molar-refractivity contribution in [3.63, 3.8) is 0 Å². The van der Waals surface area contributed by atoms with E-state index in [2.05, 4.69) is 25.3 Å². The van der Waals surface area contributed by atoms with Crippen molar-refractivity contribution in [2.45, 2.75) is 6.18 Å². The van der Waals surface area contributed by atoms with Gasteiger partial charge in [-0.1, -0.05) is 0 Å². The van der Waals surface area contributed by atoms with E-state index < -0.39 is 17.6 Å². The van der Waals surface area contributed by atoms with Gasteiger partial charge in [-0.15, -0.1) is 0 Å². The second kappa shape index (κ2) is 10.2. The van der Waals surface area contributed by atoms with Gasteiger partial charge in [-0.3, -0.25) is 4.57 Å². The number of rotatable bonds is 6. The molecule has 1 aromatic carbocycles. The van der Waals surface area contributed by atoms with E-state index in [4.69, 9.17) is 4.74 Å². The van der Waals surface area contributed by atoms with Crippen LogP contribution in [-0.2, 0) is 10.9 Å². The quantitative estimate of drug-likeness (QED) is 0.366. The van der Waals surface area contributed by atoms with Gasteiger partial charge >= 0.3 is 6.18 Å². The number of nitrogens with one attached hydrogen (secondary N) is 1. The second-order valence-electron chi connectivity index (χ2n) is 8.82. The predicted octanol–water partition coefficient (Wildman–Crippen LogP) is 4.53. The van der Waals surface area contributed by atoms with Crippen molar-refractivity contribution in [3.05, 3.63) is 66.6 Å². The molecular formula is C25H24F4N8O. The zero-order valence-electron chi connectivity index (χ0n) is 20.6. The molecule has 0 aliphatic carbocycles. The zero-order valence-corrected chi connectivity index (χ0v) is 20.6. The fourth-order valence-corrected chi connectivity index (χ4v) is 3.93. The van der Waals surface area contributed by atoms with Gasteiger partial charge in [0.1, 0.15) is 17.8 Å². The summed E-state index contributed by atoms with van der Waals surface area (Å²) in [4.78, 5) is 20.6. The maximum Gasteiger partial charge on any atom is 0.416 e. The van der Waals surface area contributed by atoms with E-state index in [1.54, 1.807) is 52.9 Å². The van der Waals surface area contributed by atoms with Crippen LogP contribution in [0.2, 0.25) is 0 Å². The summed E-state index contributed by atoms with van der Waals surface area (Å²) in [5.74, 6) is 0.473. The van der Waals surface area contributed by atoms with Gasteiger partial charge in [0.15, 0.2) is 17.5 Å². The molecule has 3 aromatic heterocycles. The Kier molecular flexibility index (Phi) is 6.85. The van der Waals surface area contributed by atoms with Gasteiger partial charge in [-0.25, -0.2) is 24.3 Å². The van der Waals surface area contributed by atoms with E-state index in [1.807, 2.05) is 0 Å². The van der Waals surface area contributed by atoms with Gasteiger partial charge in [0.25, 0.3) is 0 Å². The van der Waals surface area contributed by atoms with Crippen LogP contribution < -0.4 is 15.1 Å². The normalized spacial score (nSPS) is 14.0. The Labute approximate surface area is 215 Å². The molecule has 1 aliphatic rings. The number of morpholine rings is 1. The molecule has 0 saturated carbocycles. The molecule has 0 atom stereocenters. The molecule has 0 unspecified atom stereocenters. The number of alkyl halides is 3. The summed E-state index contributed by atoms with van der Waals surface area (Å²) in [5, 5.41) is 2.98. The molecule has 198 valence electrons. The maximum absolute atomic E-state index is 14.4. The van der Waals surface area contributed by atoms with Crippen LogP contribution in [0, 0.1) is 5.82 Å². The van der Waals surface area contributed by atoms with E-state index in [-0.39, 0.29) is 17.3 Å². The number of aromatic nitrogens is 5. The number of imidazole rings is 1. The van der Waals surface area contributed by atoms with Crippen molar-refractivity contribution in [2.24, 2.45) is 0 Å². The Bertz CT molecular complexity index is 1420. The number of nitrogens with zero attached hydrogens (tertiary/aromatic N) is 7. The van der Waals surface area contributed by atoms with E-state index >= 15 is 0 Å². The molecule has 4 heterocycles. The molecule has 1 fully saturated rings. The largest absolute Gasteiger partial charge is 0.416 e. The molecule has 0 bridgehead atoms. The minimum absolute atomic E-state index is 0.202. The van der Waals surface area contributed by atoms with Crippen LogP contribution in [0.1, 0.15) is 5.56 Å². The van der Waals surface area contributed by atoms with Crippen LogP contribution in [0.15, 0.2) is 55.2 Å². The van der Waals surface area contributed by atoms with Crippen LogP contribution in [-0.4, -0.2) is 64.9 Å². The lowest BCUT2D eigenvalue weighted by Gasteiger charge is -2.27. The molecule has 9 nitrogen and oxygen atoms in total. The molecular weight excluding hydrogens is 504 g/mol. The average Bonchev–Trinajstić information content (AvgIpc) is 3.39. The van der Waals surface area contributed by atoms with Crippen LogP contribution in [0.25, 0.3) is 17.3 Å². The third-order valence-electron chi connectivity index (χ3n) is 5.91. The number of halogens is 4. The summed E-state index contributed by atoms with van der Waals surface area (Å²) in [6.45, 7) is 2.05. The van der Waals surface area contributed by atoms with Crippen molar-refractivity contribution in [1.82, 2.24) is 24.5 Å². The average molecular weight is 529 g/mol. The molecule has 1 saturated heterocycles. The standard InChI is InChI=1S/C25H24F4N8O/c1-35(2)19-10-16(25(27,28)29)9-18(11-19)33-17-3-4-22(30-12-17)37-14-21(32-15-37)23-31-13-20(26)24(34-23)36-5-7-38-8-6-36/h3-4,9-15,33H,5-8H2,1-2H3. The Hall–Kier alpha value is -4.26. The van der Waals surface area contributed by atoms with Crippen molar-refractivity contribution < 1.29 is 22.3 Å². The highest BCUT2D eigenvalue weighted by molar-refractivity contribution is 5.66. The molecule has 1 aliphatic heterocycles. The number of anilines is 4. The summed E-state index contributed by atoms with van der Waals surface area (Å²) < 4.78 is 61.4. The van der Waals surface area contributed by atoms with Gasteiger partial charge in [-0.05, 0) is 30.3 Å². The third-order valence-corrected chi connectivity index (χ3v) is 5.91. The molecule has 5 rings (SSSR count). The molecule has 1 N–H and O–H groups in total. The van der Waals surface area contributed by atoms with Crippen molar-refractivity contribution in [3.8, 4) is 17.3 Å². The fourth-order valence-electron chi connectivity index (χ4n) is 3.93. The number of hydrogen-bond acceptors (Lipinski definition) is 8. The SMILES string of the molecule is CN(C)c1cc(Nc2ccc(-n3cnc(-c4ncc(F)c(N5CCOCC5)n4)c3)nc2)cc(C(F)(F)F)c1. The first-order valence-electron chi connectivity index (χ1n) is 11.7. The lowest BCUT2D eigenvalue weighted by molar-refractivity contribution is -0.137. The lowest BCUT2D eigenvalue weighted by Crippen LogP contribution is -2.37. The number of pyridine rings is 1. The minimum Gasteiger partial charge on any atom is -0.378 e. The van der Waals surface area contributed by atoms with Crippen LogP contribution in [0.5, 0.6) is 0 Å². The van der Waals surface area contributed by atoms with Gasteiger partial charge < -0.3 is 19.9 Å². The summed E-state index contributed by atoms with van der Waals surface area (Å²) in [6, 6.07) is 7.16. The van der Waals surface area contributed by atoms with Crippen molar-refractivity contribution >= 4 is 22.9 Å². The summed E-state index contributed by atoms with van der Waals surface area (Å²) in [5.41, 5.74) is 0.894. The maximum atomic E-state index is 14.4. The predicted molar refractivity (Wildman–Crippen MR) is 134 cm³/mol. The monoisotopic (exact) mass is 528 g/mol. The Morgan fingerprint density at radius 2 is 1.76 bits per heavy atom. The van der Waals surface area contributed by atoms with Gasteiger partial charge in [0.2, 0.25) is 0 Å². The Morgan fingerprint density at radius 1 is 0.974 bits per heavy atom. The van der Waals surface area contributed by atoms with Crippen LogP contribution >= 0.6 is 0 Å². The smallest absolute Gasteiger partial charge is 0.378 e. The lowest BCUT2D eigenvalue weighted by atomic mass is 10.1. The molecule has 13 heteroatoms. The first-order chi connectivity index (χ1) is 18.2. The summed E-state index contributed by atoms with van der Waals surface area (Å²) >= 11 is 0. The van der Waals surface area contributed by atoms with Crippen molar-refractivity contribution in [1.29, 1.82) is 0 Å². The molecule has 38 heavy (non-hydrogen) atoms. The van der Waals surface area contributed by atoms with Crippen LogP contribution in [0.3, 0.4) is 0 Å². The fraction of sp³-hybridized carbons (Fsp3) is 0.280. The zero-order chi connectivity index (χ0) is 26.9. The highest BCUT2D eigenvalue weighted by Gasteiger charge is 2.31. The minimum atomic E-state index is -4.47. The van der Waals surface area contributed by atoms with Crippen LogP contribution in [0.4, 0.5) is 40.4 Å². The first-order valence-corrected chi connectivity index (χ1v) is 11.7. The summed E-state index contributed by atoms with van der Waals surface area (Å²) in [7, 11) is 3.35. The second-order valence-corrected chi connectivity index (χ2v) is 8.82. The molecule has 0 radical (unpaired) electrons. The molecule has 0 amide bonds. The highest BCUT2D eigenvalue weighted by atomic mass is 19.4. The number of benzene rings is 1. The molecule has 4 aromatic rings. The van der Waals surface area contributed by atoms with Gasteiger partial charge in [0, 0.05) is 44.8 Å².